The van der Waals surface area contributed by atoms with Gasteiger partial charge in [-0.3, -0.25) is 4.90 Å². The zero-order valence-electron chi connectivity index (χ0n) is 14.7. The third kappa shape index (κ3) is 4.94. The van der Waals surface area contributed by atoms with E-state index in [-0.39, 0.29) is 0 Å². The molecule has 21 heavy (non-hydrogen) atoms. The van der Waals surface area contributed by atoms with Crippen LogP contribution in [0.15, 0.2) is 0 Å². The maximum atomic E-state index is 6.02. The first-order chi connectivity index (χ1) is 10.0. The molecule has 3 nitrogen and oxygen atoms in total. The fourth-order valence-electron chi connectivity index (χ4n) is 3.82. The second-order valence-corrected chi connectivity index (χ2v) is 7.92. The Morgan fingerprint density at radius 2 is 2.05 bits per heavy atom. The van der Waals surface area contributed by atoms with E-state index < -0.39 is 0 Å². The van der Waals surface area contributed by atoms with Crippen molar-refractivity contribution in [1.29, 1.82) is 0 Å². The molecule has 0 radical (unpaired) electrons. The average Bonchev–Trinajstić information content (AvgIpc) is 2.47. The van der Waals surface area contributed by atoms with Crippen LogP contribution in [-0.2, 0) is 4.74 Å². The molecule has 2 rings (SSSR count). The summed E-state index contributed by atoms with van der Waals surface area (Å²) in [4.78, 5) is 2.74. The topological polar surface area (TPSA) is 24.5 Å². The Bertz CT molecular complexity index is 306. The third-order valence-corrected chi connectivity index (χ3v) is 5.39. The van der Waals surface area contributed by atoms with Gasteiger partial charge < -0.3 is 10.1 Å². The van der Waals surface area contributed by atoms with Crippen LogP contribution in [0.2, 0.25) is 0 Å². The maximum absolute atomic E-state index is 6.02. The van der Waals surface area contributed by atoms with Crippen molar-refractivity contribution in [2.24, 2.45) is 11.3 Å². The Labute approximate surface area is 131 Å². The van der Waals surface area contributed by atoms with Gasteiger partial charge in [-0.2, -0.15) is 0 Å². The monoisotopic (exact) mass is 296 g/mol. The van der Waals surface area contributed by atoms with Crippen LogP contribution in [-0.4, -0.2) is 49.8 Å². The molecule has 0 amide bonds. The van der Waals surface area contributed by atoms with Gasteiger partial charge in [0.05, 0.1) is 12.7 Å². The highest BCUT2D eigenvalue weighted by Crippen LogP contribution is 2.31. The molecule has 1 aliphatic heterocycles. The summed E-state index contributed by atoms with van der Waals surface area (Å²) in [7, 11) is 0. The molecule has 3 atom stereocenters. The number of rotatable bonds is 7. The van der Waals surface area contributed by atoms with Crippen LogP contribution < -0.4 is 5.32 Å². The molecule has 1 aliphatic carbocycles. The summed E-state index contributed by atoms with van der Waals surface area (Å²) >= 11 is 0. The number of nitrogens with zero attached hydrogens (tertiary/aromatic N) is 1. The number of hydrogen-bond donors (Lipinski definition) is 1. The van der Waals surface area contributed by atoms with E-state index in [1.165, 1.54) is 38.6 Å². The van der Waals surface area contributed by atoms with Gasteiger partial charge in [-0.25, -0.2) is 0 Å². The zero-order valence-corrected chi connectivity index (χ0v) is 14.7. The predicted molar refractivity (Wildman–Crippen MR) is 89.7 cm³/mol. The fraction of sp³-hybridized carbons (Fsp3) is 1.00. The summed E-state index contributed by atoms with van der Waals surface area (Å²) in [6.45, 7) is 14.9. The Morgan fingerprint density at radius 3 is 2.76 bits per heavy atom. The minimum absolute atomic E-state index is 0.383. The van der Waals surface area contributed by atoms with Gasteiger partial charge in [0.15, 0.2) is 0 Å². The van der Waals surface area contributed by atoms with Crippen LogP contribution in [0.1, 0.15) is 59.8 Å². The van der Waals surface area contributed by atoms with Crippen molar-refractivity contribution in [2.45, 2.75) is 71.9 Å². The van der Waals surface area contributed by atoms with Crippen LogP contribution in [0.25, 0.3) is 0 Å². The molecule has 0 spiro atoms. The average molecular weight is 296 g/mol. The summed E-state index contributed by atoms with van der Waals surface area (Å²) in [5.74, 6) is 0.734. The van der Waals surface area contributed by atoms with E-state index in [4.69, 9.17) is 4.74 Å². The molecule has 0 bridgehead atoms. The van der Waals surface area contributed by atoms with Gasteiger partial charge in [0.2, 0.25) is 0 Å². The van der Waals surface area contributed by atoms with Gasteiger partial charge >= 0.3 is 0 Å². The maximum Gasteiger partial charge on any atom is 0.0730 e. The van der Waals surface area contributed by atoms with Crippen LogP contribution in [0.5, 0.6) is 0 Å². The molecule has 124 valence electrons. The molecule has 3 unspecified atom stereocenters. The number of ether oxygens (including phenoxy) is 1. The summed E-state index contributed by atoms with van der Waals surface area (Å²) in [6.07, 6.45) is 7.11. The van der Waals surface area contributed by atoms with E-state index in [1.807, 2.05) is 0 Å². The molecular weight excluding hydrogens is 260 g/mol. The quantitative estimate of drug-likeness (QED) is 0.780. The lowest BCUT2D eigenvalue weighted by molar-refractivity contribution is -0.0979. The van der Waals surface area contributed by atoms with E-state index in [2.05, 4.69) is 37.9 Å². The van der Waals surface area contributed by atoms with Crippen molar-refractivity contribution in [3.05, 3.63) is 0 Å². The Hall–Kier alpha value is -0.120. The molecule has 2 fully saturated rings. The summed E-state index contributed by atoms with van der Waals surface area (Å²) < 4.78 is 6.02. The van der Waals surface area contributed by atoms with Crippen molar-refractivity contribution < 1.29 is 4.74 Å². The van der Waals surface area contributed by atoms with Crippen molar-refractivity contribution in [3.8, 4) is 0 Å². The SMILES string of the molecule is CCC(C)(CNCC(C)C)CN1CCOC2CCCCC21. The van der Waals surface area contributed by atoms with Gasteiger partial charge in [-0.05, 0) is 37.1 Å². The van der Waals surface area contributed by atoms with Crippen LogP contribution in [0.3, 0.4) is 0 Å². The lowest BCUT2D eigenvalue weighted by Gasteiger charge is -2.47. The highest BCUT2D eigenvalue weighted by atomic mass is 16.5. The second kappa shape index (κ2) is 7.94. The zero-order chi connectivity index (χ0) is 15.3. The summed E-state index contributed by atoms with van der Waals surface area (Å²) in [6, 6.07) is 0.684. The molecule has 1 N–H and O–H groups in total. The normalized spacial score (nSPS) is 30.1. The highest BCUT2D eigenvalue weighted by molar-refractivity contribution is 4.91. The predicted octanol–water partition coefficient (Wildman–Crippen LogP) is 3.29. The molecule has 1 heterocycles. The second-order valence-electron chi connectivity index (χ2n) is 7.92. The molecule has 1 saturated carbocycles. The highest BCUT2D eigenvalue weighted by Gasteiger charge is 2.37. The van der Waals surface area contributed by atoms with Crippen molar-refractivity contribution >= 4 is 0 Å². The van der Waals surface area contributed by atoms with Gasteiger partial charge in [-0.1, -0.05) is 40.5 Å². The van der Waals surface area contributed by atoms with Gasteiger partial charge in [0.1, 0.15) is 0 Å². The Morgan fingerprint density at radius 1 is 1.29 bits per heavy atom. The van der Waals surface area contributed by atoms with Gasteiger partial charge in [-0.15, -0.1) is 0 Å². The number of fused-ring (bicyclic) bond motifs is 1. The van der Waals surface area contributed by atoms with Crippen LogP contribution >= 0.6 is 0 Å². The molecule has 1 saturated heterocycles. The largest absolute Gasteiger partial charge is 0.375 e. The first kappa shape index (κ1) is 17.2. The third-order valence-electron chi connectivity index (χ3n) is 5.39. The number of hydrogen-bond acceptors (Lipinski definition) is 3. The van der Waals surface area contributed by atoms with E-state index >= 15 is 0 Å². The molecule has 0 aromatic heterocycles. The van der Waals surface area contributed by atoms with Gasteiger partial charge in [0.25, 0.3) is 0 Å². The molecule has 0 aromatic rings. The summed E-state index contributed by atoms with van der Waals surface area (Å²) in [5, 5.41) is 3.68. The van der Waals surface area contributed by atoms with E-state index in [9.17, 15) is 0 Å². The van der Waals surface area contributed by atoms with E-state index in [0.717, 1.165) is 32.2 Å². The standard InChI is InChI=1S/C18H36N2O/c1-5-18(4,13-19-12-15(2)3)14-20-10-11-21-17-9-7-6-8-16(17)20/h15-17,19H,5-14H2,1-4H3. The minimum Gasteiger partial charge on any atom is -0.375 e. The summed E-state index contributed by atoms with van der Waals surface area (Å²) in [5.41, 5.74) is 0.383. The lowest BCUT2D eigenvalue weighted by atomic mass is 9.83. The number of morpholine rings is 1. The van der Waals surface area contributed by atoms with Crippen LogP contribution in [0.4, 0.5) is 0 Å². The minimum atomic E-state index is 0.383. The lowest BCUT2D eigenvalue weighted by Crippen LogP contribution is -2.56. The van der Waals surface area contributed by atoms with Crippen molar-refractivity contribution in [3.63, 3.8) is 0 Å². The molecule has 3 heteroatoms. The van der Waals surface area contributed by atoms with Crippen LogP contribution in [0, 0.1) is 11.3 Å². The van der Waals surface area contributed by atoms with Gasteiger partial charge in [0, 0.05) is 25.7 Å². The Balaban J connectivity index is 1.89. The molecule has 2 aliphatic rings. The first-order valence-corrected chi connectivity index (χ1v) is 9.10. The number of nitrogens with one attached hydrogen (secondary N) is 1. The molecular formula is C18H36N2O. The Kier molecular flexibility index (Phi) is 6.51. The van der Waals surface area contributed by atoms with Crippen molar-refractivity contribution in [1.82, 2.24) is 10.2 Å². The fourth-order valence-corrected chi connectivity index (χ4v) is 3.82. The van der Waals surface area contributed by atoms with E-state index in [0.29, 0.717) is 17.6 Å². The molecule has 0 aromatic carbocycles. The first-order valence-electron chi connectivity index (χ1n) is 9.10. The van der Waals surface area contributed by atoms with E-state index in [1.54, 1.807) is 0 Å². The smallest absolute Gasteiger partial charge is 0.0730 e. The van der Waals surface area contributed by atoms with Crippen molar-refractivity contribution in [2.75, 3.05) is 32.8 Å².